The van der Waals surface area contributed by atoms with E-state index in [1.807, 2.05) is 37.3 Å². The summed E-state index contributed by atoms with van der Waals surface area (Å²) >= 11 is 6.43. The summed E-state index contributed by atoms with van der Waals surface area (Å²) in [6.45, 7) is 5.17. The Morgan fingerprint density at radius 3 is 2.39 bits per heavy atom. The molecule has 0 aliphatic heterocycles. The van der Waals surface area contributed by atoms with Crippen LogP contribution in [0.2, 0.25) is 5.02 Å². The molecular formula is C23H21ClFN5O. The molecule has 0 fully saturated rings. The lowest BCUT2D eigenvalue weighted by Crippen LogP contribution is -2.19. The second-order valence-corrected chi connectivity index (χ2v) is 8.21. The molecule has 4 rings (SSSR count). The molecule has 6 nitrogen and oxygen atoms in total. The predicted molar refractivity (Wildman–Crippen MR) is 119 cm³/mol. The van der Waals surface area contributed by atoms with Gasteiger partial charge in [0.25, 0.3) is 0 Å². The minimum absolute atomic E-state index is 0.0611. The molecule has 3 aromatic heterocycles. The van der Waals surface area contributed by atoms with Crippen molar-refractivity contribution in [2.75, 3.05) is 5.32 Å². The van der Waals surface area contributed by atoms with Crippen molar-refractivity contribution in [1.29, 1.82) is 0 Å². The highest BCUT2D eigenvalue weighted by molar-refractivity contribution is 6.34. The zero-order chi connectivity index (χ0) is 22.2. The van der Waals surface area contributed by atoms with E-state index < -0.39 is 11.4 Å². The number of halogens is 2. The van der Waals surface area contributed by atoms with Gasteiger partial charge < -0.3 is 10.4 Å². The standard InChI is InChI=1S/C23H21ClFN5O/c1-13(14-7-5-4-6-8-14)29-20-16(24)12-26-18-9-17(25)19(30-21(18)20)15-10-27-22(28-11-15)23(2,3)31/h4-13,31H,1-3H3,(H,26,29)/t13-/m0/s1. The summed E-state index contributed by atoms with van der Waals surface area (Å²) in [7, 11) is 0. The van der Waals surface area contributed by atoms with Crippen molar-refractivity contribution in [1.82, 2.24) is 19.9 Å². The van der Waals surface area contributed by atoms with Gasteiger partial charge in [0.15, 0.2) is 11.6 Å². The van der Waals surface area contributed by atoms with Gasteiger partial charge in [0.05, 0.1) is 16.2 Å². The van der Waals surface area contributed by atoms with E-state index in [9.17, 15) is 9.50 Å². The molecule has 158 valence electrons. The number of benzene rings is 1. The van der Waals surface area contributed by atoms with Crippen LogP contribution in [0.15, 0.2) is 55.0 Å². The monoisotopic (exact) mass is 437 g/mol. The van der Waals surface area contributed by atoms with Crippen LogP contribution in [0, 0.1) is 5.82 Å². The number of hydrogen-bond donors (Lipinski definition) is 2. The molecular weight excluding hydrogens is 417 g/mol. The van der Waals surface area contributed by atoms with Gasteiger partial charge in [0.2, 0.25) is 0 Å². The summed E-state index contributed by atoms with van der Waals surface area (Å²) in [5.74, 6) is -0.315. The molecule has 0 saturated heterocycles. The van der Waals surface area contributed by atoms with Gasteiger partial charge in [-0.05, 0) is 26.3 Å². The van der Waals surface area contributed by atoms with E-state index in [4.69, 9.17) is 11.6 Å². The van der Waals surface area contributed by atoms with Crippen LogP contribution in [-0.4, -0.2) is 25.0 Å². The topological polar surface area (TPSA) is 83.8 Å². The van der Waals surface area contributed by atoms with E-state index in [2.05, 4.69) is 25.3 Å². The molecule has 8 heteroatoms. The van der Waals surface area contributed by atoms with E-state index in [1.165, 1.54) is 24.7 Å². The minimum atomic E-state index is -1.20. The first-order chi connectivity index (χ1) is 14.7. The van der Waals surface area contributed by atoms with Crippen molar-refractivity contribution >= 4 is 28.3 Å². The fraction of sp³-hybridized carbons (Fsp3) is 0.217. The average Bonchev–Trinajstić information content (AvgIpc) is 2.75. The highest BCUT2D eigenvalue weighted by atomic mass is 35.5. The third-order valence-electron chi connectivity index (χ3n) is 4.88. The number of rotatable bonds is 5. The summed E-state index contributed by atoms with van der Waals surface area (Å²) in [5, 5.41) is 13.8. The highest BCUT2D eigenvalue weighted by Crippen LogP contribution is 2.34. The number of fused-ring (bicyclic) bond motifs is 1. The SMILES string of the molecule is C[C@H](Nc1c(Cl)cnc2cc(F)c(-c3cnc(C(C)(C)O)nc3)nc12)c1ccccc1. The van der Waals surface area contributed by atoms with Crippen molar-refractivity contribution in [3.63, 3.8) is 0 Å². The van der Waals surface area contributed by atoms with E-state index in [0.29, 0.717) is 27.3 Å². The van der Waals surface area contributed by atoms with E-state index in [1.54, 1.807) is 13.8 Å². The molecule has 0 bridgehead atoms. The van der Waals surface area contributed by atoms with Gasteiger partial charge in [-0.1, -0.05) is 41.9 Å². The van der Waals surface area contributed by atoms with Gasteiger partial charge in [-0.25, -0.2) is 19.3 Å². The van der Waals surface area contributed by atoms with Crippen molar-refractivity contribution in [2.45, 2.75) is 32.4 Å². The largest absolute Gasteiger partial charge is 0.382 e. The molecule has 0 spiro atoms. The van der Waals surface area contributed by atoms with Crippen LogP contribution in [0.5, 0.6) is 0 Å². The molecule has 0 unspecified atom stereocenters. The molecule has 0 radical (unpaired) electrons. The van der Waals surface area contributed by atoms with Crippen LogP contribution in [0.3, 0.4) is 0 Å². The Bertz CT molecular complexity index is 1230. The van der Waals surface area contributed by atoms with Gasteiger partial charge in [0.1, 0.15) is 16.8 Å². The Balaban J connectivity index is 1.79. The first kappa shape index (κ1) is 21.1. The lowest BCUT2D eigenvalue weighted by atomic mass is 10.1. The van der Waals surface area contributed by atoms with E-state index in [0.717, 1.165) is 5.56 Å². The number of nitrogens with one attached hydrogen (secondary N) is 1. The van der Waals surface area contributed by atoms with Gasteiger partial charge in [-0.15, -0.1) is 0 Å². The summed E-state index contributed by atoms with van der Waals surface area (Å²) in [4.78, 5) is 17.0. The van der Waals surface area contributed by atoms with Crippen molar-refractivity contribution in [3.05, 3.63) is 77.2 Å². The molecule has 3 heterocycles. The van der Waals surface area contributed by atoms with Gasteiger partial charge in [-0.3, -0.25) is 4.98 Å². The van der Waals surface area contributed by atoms with Gasteiger partial charge in [-0.2, -0.15) is 0 Å². The Morgan fingerprint density at radius 1 is 1.06 bits per heavy atom. The van der Waals surface area contributed by atoms with Gasteiger partial charge >= 0.3 is 0 Å². The second kappa shape index (κ2) is 8.17. The lowest BCUT2D eigenvalue weighted by Gasteiger charge is -2.18. The lowest BCUT2D eigenvalue weighted by molar-refractivity contribution is 0.0687. The van der Waals surface area contributed by atoms with Crippen LogP contribution < -0.4 is 5.32 Å². The van der Waals surface area contributed by atoms with E-state index in [-0.39, 0.29) is 17.6 Å². The highest BCUT2D eigenvalue weighted by Gasteiger charge is 2.21. The fourth-order valence-corrected chi connectivity index (χ4v) is 3.41. The molecule has 0 amide bonds. The number of aromatic nitrogens is 4. The Labute approximate surface area is 184 Å². The summed E-state index contributed by atoms with van der Waals surface area (Å²) in [6, 6.07) is 11.1. The predicted octanol–water partition coefficient (Wildman–Crippen LogP) is 5.28. The summed E-state index contributed by atoms with van der Waals surface area (Å²) in [5.41, 5.74) is 1.72. The Kier molecular flexibility index (Phi) is 5.56. The first-order valence-electron chi connectivity index (χ1n) is 9.75. The Hall–Kier alpha value is -3.16. The first-order valence-corrected chi connectivity index (χ1v) is 10.1. The zero-order valence-corrected chi connectivity index (χ0v) is 18.0. The molecule has 1 atom stereocenters. The number of aliphatic hydroxyl groups is 1. The number of pyridine rings is 2. The molecule has 0 saturated carbocycles. The minimum Gasteiger partial charge on any atom is -0.382 e. The van der Waals surface area contributed by atoms with Crippen LogP contribution in [0.25, 0.3) is 22.3 Å². The summed E-state index contributed by atoms with van der Waals surface area (Å²) in [6.07, 6.45) is 4.36. The van der Waals surface area contributed by atoms with Crippen molar-refractivity contribution in [3.8, 4) is 11.3 Å². The number of hydrogen-bond acceptors (Lipinski definition) is 6. The number of anilines is 1. The fourth-order valence-electron chi connectivity index (χ4n) is 3.21. The maximum absolute atomic E-state index is 14.8. The number of nitrogens with zero attached hydrogens (tertiary/aromatic N) is 4. The third kappa shape index (κ3) is 4.33. The van der Waals surface area contributed by atoms with Crippen molar-refractivity contribution < 1.29 is 9.50 Å². The van der Waals surface area contributed by atoms with Crippen molar-refractivity contribution in [2.24, 2.45) is 0 Å². The summed E-state index contributed by atoms with van der Waals surface area (Å²) < 4.78 is 14.8. The maximum Gasteiger partial charge on any atom is 0.159 e. The average molecular weight is 438 g/mol. The van der Waals surface area contributed by atoms with Crippen LogP contribution in [0.4, 0.5) is 10.1 Å². The second-order valence-electron chi connectivity index (χ2n) is 7.80. The Morgan fingerprint density at radius 2 is 1.74 bits per heavy atom. The van der Waals surface area contributed by atoms with E-state index >= 15 is 0 Å². The van der Waals surface area contributed by atoms with Crippen LogP contribution >= 0.6 is 11.6 Å². The molecule has 4 aromatic rings. The quantitative estimate of drug-likeness (QED) is 0.442. The third-order valence-corrected chi connectivity index (χ3v) is 5.17. The molecule has 31 heavy (non-hydrogen) atoms. The molecule has 2 N–H and O–H groups in total. The van der Waals surface area contributed by atoms with Crippen LogP contribution in [0.1, 0.15) is 38.2 Å². The molecule has 1 aromatic carbocycles. The maximum atomic E-state index is 14.8. The smallest absolute Gasteiger partial charge is 0.159 e. The molecule has 0 aliphatic carbocycles. The zero-order valence-electron chi connectivity index (χ0n) is 17.3. The molecule has 0 aliphatic rings. The van der Waals surface area contributed by atoms with Gasteiger partial charge in [0, 0.05) is 36.3 Å². The normalized spacial score (nSPS) is 12.7. The van der Waals surface area contributed by atoms with Crippen LogP contribution in [-0.2, 0) is 5.60 Å².